The molecule has 2 aliphatic heterocycles. The third-order valence-corrected chi connectivity index (χ3v) is 6.42. The van der Waals surface area contributed by atoms with E-state index < -0.39 is 0 Å². The lowest BCUT2D eigenvalue weighted by Crippen LogP contribution is -2.47. The molecule has 2 bridgehead atoms. The molecule has 5 rings (SSSR count). The number of rotatable bonds is 4. The molecule has 2 saturated heterocycles. The SMILES string of the molecule is C=CC(=O)N1C[C@@H]2C[C@H](Nc3ncnc4[nH]cc(C5CCOCC5)c34)[C@H]1C2. The van der Waals surface area contributed by atoms with Crippen LogP contribution in [0.25, 0.3) is 11.0 Å². The summed E-state index contributed by atoms with van der Waals surface area (Å²) < 4.78 is 5.52. The fourth-order valence-corrected chi connectivity index (χ4v) is 5.15. The van der Waals surface area contributed by atoms with Gasteiger partial charge in [0, 0.05) is 32.0 Å². The third kappa shape index (κ3) is 2.81. The molecule has 2 aromatic rings. The van der Waals surface area contributed by atoms with Crippen LogP contribution in [0.5, 0.6) is 0 Å². The molecule has 4 heterocycles. The lowest BCUT2D eigenvalue weighted by molar-refractivity contribution is -0.127. The quantitative estimate of drug-likeness (QED) is 0.811. The first-order chi connectivity index (χ1) is 13.2. The summed E-state index contributed by atoms with van der Waals surface area (Å²) in [5.41, 5.74) is 2.15. The number of H-pyrrole nitrogens is 1. The van der Waals surface area contributed by atoms with Crippen molar-refractivity contribution in [3.8, 4) is 0 Å². The number of aromatic amines is 1. The molecular weight excluding hydrogens is 342 g/mol. The zero-order valence-corrected chi connectivity index (χ0v) is 15.4. The Kier molecular flexibility index (Phi) is 4.11. The van der Waals surface area contributed by atoms with Gasteiger partial charge in [-0.25, -0.2) is 9.97 Å². The molecule has 2 aromatic heterocycles. The largest absolute Gasteiger partial charge is 0.381 e. The molecule has 142 valence electrons. The number of likely N-dealkylation sites (tertiary alicyclic amines) is 1. The molecule has 27 heavy (non-hydrogen) atoms. The van der Waals surface area contributed by atoms with Gasteiger partial charge in [0.25, 0.3) is 0 Å². The number of hydrogen-bond acceptors (Lipinski definition) is 5. The number of carbonyl (C=O) groups excluding carboxylic acids is 1. The molecule has 1 aliphatic carbocycles. The maximum Gasteiger partial charge on any atom is 0.246 e. The first-order valence-electron chi connectivity index (χ1n) is 9.84. The van der Waals surface area contributed by atoms with E-state index in [4.69, 9.17) is 4.74 Å². The van der Waals surface area contributed by atoms with E-state index in [2.05, 4.69) is 33.0 Å². The number of aromatic nitrogens is 3. The van der Waals surface area contributed by atoms with Gasteiger partial charge in [0.15, 0.2) is 0 Å². The molecule has 1 saturated carbocycles. The second kappa shape index (κ2) is 6.64. The van der Waals surface area contributed by atoms with E-state index in [0.717, 1.165) is 62.3 Å². The Hall–Kier alpha value is -2.41. The summed E-state index contributed by atoms with van der Waals surface area (Å²) in [6.45, 7) is 6.11. The highest BCUT2D eigenvalue weighted by Crippen LogP contribution is 2.41. The Morgan fingerprint density at radius 3 is 2.96 bits per heavy atom. The Morgan fingerprint density at radius 2 is 2.19 bits per heavy atom. The van der Waals surface area contributed by atoms with E-state index >= 15 is 0 Å². The molecule has 0 spiro atoms. The van der Waals surface area contributed by atoms with Crippen LogP contribution in [0.4, 0.5) is 5.82 Å². The van der Waals surface area contributed by atoms with Gasteiger partial charge < -0.3 is 19.9 Å². The standard InChI is InChI=1S/C20H25N5O2/c1-2-17(26)25-10-12-7-15(16(25)8-12)24-20-18-14(13-3-5-27-6-4-13)9-21-19(18)22-11-23-20/h2,9,11-13,15-16H,1,3-8,10H2,(H2,21,22,23,24)/t12-,15+,16-/m1/s1. The van der Waals surface area contributed by atoms with E-state index in [0.29, 0.717) is 11.8 Å². The smallest absolute Gasteiger partial charge is 0.246 e. The second-order valence-electron chi connectivity index (χ2n) is 7.93. The highest BCUT2D eigenvalue weighted by atomic mass is 16.5. The minimum absolute atomic E-state index is 0.0337. The lowest BCUT2D eigenvalue weighted by atomic mass is 9.92. The fourth-order valence-electron chi connectivity index (χ4n) is 5.15. The Balaban J connectivity index is 1.44. The molecule has 2 N–H and O–H groups in total. The van der Waals surface area contributed by atoms with Crippen molar-refractivity contribution in [1.29, 1.82) is 0 Å². The highest BCUT2D eigenvalue weighted by molar-refractivity contribution is 5.91. The van der Waals surface area contributed by atoms with Crippen molar-refractivity contribution >= 4 is 22.8 Å². The van der Waals surface area contributed by atoms with Gasteiger partial charge in [-0.1, -0.05) is 6.58 Å². The van der Waals surface area contributed by atoms with E-state index in [1.807, 2.05) is 4.90 Å². The zero-order valence-electron chi connectivity index (χ0n) is 15.4. The second-order valence-corrected chi connectivity index (χ2v) is 7.93. The molecule has 3 aliphatic rings. The van der Waals surface area contributed by atoms with Crippen molar-refractivity contribution in [2.75, 3.05) is 25.1 Å². The van der Waals surface area contributed by atoms with Gasteiger partial charge in [0.2, 0.25) is 5.91 Å². The van der Waals surface area contributed by atoms with Gasteiger partial charge in [-0.05, 0) is 49.2 Å². The van der Waals surface area contributed by atoms with Crippen molar-refractivity contribution < 1.29 is 9.53 Å². The first-order valence-corrected chi connectivity index (χ1v) is 9.84. The number of nitrogens with zero attached hydrogens (tertiary/aromatic N) is 3. The zero-order chi connectivity index (χ0) is 18.4. The summed E-state index contributed by atoms with van der Waals surface area (Å²) in [5.74, 6) is 1.95. The first kappa shape index (κ1) is 16.7. The van der Waals surface area contributed by atoms with Crippen LogP contribution in [-0.2, 0) is 9.53 Å². The average Bonchev–Trinajstić information content (AvgIpc) is 3.42. The average molecular weight is 367 g/mol. The molecular formula is C20H25N5O2. The number of amides is 1. The fraction of sp³-hybridized carbons (Fsp3) is 0.550. The van der Waals surface area contributed by atoms with Gasteiger partial charge in [0.1, 0.15) is 17.8 Å². The topological polar surface area (TPSA) is 83.1 Å². The van der Waals surface area contributed by atoms with Gasteiger partial charge in [-0.15, -0.1) is 0 Å². The van der Waals surface area contributed by atoms with Crippen LogP contribution >= 0.6 is 0 Å². The predicted molar refractivity (Wildman–Crippen MR) is 103 cm³/mol. The van der Waals surface area contributed by atoms with Crippen LogP contribution in [0, 0.1) is 5.92 Å². The highest BCUT2D eigenvalue weighted by Gasteiger charge is 2.46. The predicted octanol–water partition coefficient (Wildman–Crippen LogP) is 2.44. The minimum Gasteiger partial charge on any atom is -0.381 e. The molecule has 0 unspecified atom stereocenters. The van der Waals surface area contributed by atoms with Crippen molar-refractivity contribution in [1.82, 2.24) is 19.9 Å². The number of fused-ring (bicyclic) bond motifs is 3. The van der Waals surface area contributed by atoms with Crippen LogP contribution in [0.15, 0.2) is 25.2 Å². The molecule has 3 fully saturated rings. The van der Waals surface area contributed by atoms with E-state index in [1.54, 1.807) is 6.33 Å². The van der Waals surface area contributed by atoms with Crippen molar-refractivity contribution in [2.24, 2.45) is 5.92 Å². The Labute approximate surface area is 158 Å². The van der Waals surface area contributed by atoms with Crippen LogP contribution < -0.4 is 5.32 Å². The van der Waals surface area contributed by atoms with E-state index in [1.165, 1.54) is 11.6 Å². The van der Waals surface area contributed by atoms with Crippen molar-refractivity contribution in [3.05, 3.63) is 30.7 Å². The Morgan fingerprint density at radius 1 is 1.33 bits per heavy atom. The van der Waals surface area contributed by atoms with Crippen molar-refractivity contribution in [2.45, 2.75) is 43.7 Å². The number of carbonyl (C=O) groups is 1. The minimum atomic E-state index is 0.0337. The number of hydrogen-bond donors (Lipinski definition) is 2. The summed E-state index contributed by atoms with van der Waals surface area (Å²) in [7, 11) is 0. The van der Waals surface area contributed by atoms with Crippen LogP contribution in [0.3, 0.4) is 0 Å². The van der Waals surface area contributed by atoms with Crippen LogP contribution in [0.1, 0.15) is 37.2 Å². The van der Waals surface area contributed by atoms with Crippen molar-refractivity contribution in [3.63, 3.8) is 0 Å². The number of anilines is 1. The monoisotopic (exact) mass is 367 g/mol. The molecule has 0 radical (unpaired) electrons. The lowest BCUT2D eigenvalue weighted by Gasteiger charge is -2.33. The maximum atomic E-state index is 12.2. The van der Waals surface area contributed by atoms with Crippen LogP contribution in [0.2, 0.25) is 0 Å². The summed E-state index contributed by atoms with van der Waals surface area (Å²) in [6, 6.07) is 0.444. The molecule has 1 amide bonds. The summed E-state index contributed by atoms with van der Waals surface area (Å²) >= 11 is 0. The van der Waals surface area contributed by atoms with E-state index in [9.17, 15) is 4.79 Å². The molecule has 7 heteroatoms. The molecule has 7 nitrogen and oxygen atoms in total. The van der Waals surface area contributed by atoms with Gasteiger partial charge in [-0.2, -0.15) is 0 Å². The number of piperidine rings is 1. The normalized spacial score (nSPS) is 28.0. The molecule has 0 aromatic carbocycles. The maximum absolute atomic E-state index is 12.2. The Bertz CT molecular complexity index is 872. The van der Waals surface area contributed by atoms with Gasteiger partial charge >= 0.3 is 0 Å². The number of nitrogens with one attached hydrogen (secondary N) is 2. The van der Waals surface area contributed by atoms with Crippen LogP contribution in [-0.4, -0.2) is 57.6 Å². The summed E-state index contributed by atoms with van der Waals surface area (Å²) in [5, 5.41) is 4.75. The summed E-state index contributed by atoms with van der Waals surface area (Å²) in [4.78, 5) is 26.4. The summed E-state index contributed by atoms with van der Waals surface area (Å²) in [6.07, 6.45) is 9.30. The number of ether oxygens (including phenoxy) is 1. The van der Waals surface area contributed by atoms with Gasteiger partial charge in [0.05, 0.1) is 11.4 Å². The molecule has 3 atom stereocenters. The van der Waals surface area contributed by atoms with E-state index in [-0.39, 0.29) is 18.0 Å². The third-order valence-electron chi connectivity index (χ3n) is 6.42. The van der Waals surface area contributed by atoms with Gasteiger partial charge in [-0.3, -0.25) is 4.79 Å².